The highest BCUT2D eigenvalue weighted by molar-refractivity contribution is 5.05. The van der Waals surface area contributed by atoms with Crippen molar-refractivity contribution < 1.29 is 0 Å². The molecule has 3 nitrogen and oxygen atoms in total. The smallest absolute Gasteiger partial charge is 0.0338 e. The van der Waals surface area contributed by atoms with E-state index in [-0.39, 0.29) is 0 Å². The predicted octanol–water partition coefficient (Wildman–Crippen LogP) is 1.78. The first kappa shape index (κ1) is 14.3. The van der Waals surface area contributed by atoms with Crippen LogP contribution < -0.4 is 5.73 Å². The Morgan fingerprint density at radius 3 is 2.00 bits per heavy atom. The highest BCUT2D eigenvalue weighted by Crippen LogP contribution is 2.45. The van der Waals surface area contributed by atoms with Crippen molar-refractivity contribution in [1.82, 2.24) is 9.80 Å². The highest BCUT2D eigenvalue weighted by Gasteiger charge is 2.48. The molecule has 1 saturated heterocycles. The second-order valence-electron chi connectivity index (χ2n) is 6.96. The van der Waals surface area contributed by atoms with Crippen molar-refractivity contribution in [3.05, 3.63) is 0 Å². The molecule has 0 radical (unpaired) electrons. The molecule has 2 N–H and O–H groups in total. The Hall–Kier alpha value is -0.120. The molecule has 0 aromatic rings. The molecule has 1 aliphatic carbocycles. The lowest BCUT2D eigenvalue weighted by Gasteiger charge is -2.57. The molecule has 0 aromatic carbocycles. The quantitative estimate of drug-likeness (QED) is 0.829. The van der Waals surface area contributed by atoms with E-state index in [0.29, 0.717) is 11.6 Å². The minimum absolute atomic E-state index is 0.345. The molecule has 0 unspecified atom stereocenters. The molecule has 1 aliphatic heterocycles. The van der Waals surface area contributed by atoms with Crippen molar-refractivity contribution >= 4 is 0 Å². The number of rotatable bonds is 4. The van der Waals surface area contributed by atoms with Crippen LogP contribution in [-0.2, 0) is 0 Å². The van der Waals surface area contributed by atoms with E-state index in [4.69, 9.17) is 5.73 Å². The zero-order chi connectivity index (χ0) is 13.3. The summed E-state index contributed by atoms with van der Waals surface area (Å²) in [7, 11) is 0. The van der Waals surface area contributed by atoms with Crippen molar-refractivity contribution in [1.29, 1.82) is 0 Å². The molecule has 2 aliphatic rings. The lowest BCUT2D eigenvalue weighted by Crippen LogP contribution is -2.66. The van der Waals surface area contributed by atoms with E-state index in [0.717, 1.165) is 18.4 Å². The summed E-state index contributed by atoms with van der Waals surface area (Å²) in [5, 5.41) is 0. The van der Waals surface area contributed by atoms with Crippen LogP contribution in [0.4, 0.5) is 0 Å². The number of piperazine rings is 1. The van der Waals surface area contributed by atoms with Gasteiger partial charge in [-0.15, -0.1) is 0 Å². The molecule has 1 saturated carbocycles. The summed E-state index contributed by atoms with van der Waals surface area (Å²) in [4.78, 5) is 5.27. The zero-order valence-electron chi connectivity index (χ0n) is 12.7. The predicted molar refractivity (Wildman–Crippen MR) is 77.6 cm³/mol. The van der Waals surface area contributed by atoms with Crippen LogP contribution in [0, 0.1) is 11.8 Å². The lowest BCUT2D eigenvalue weighted by atomic mass is 9.63. The third-order valence-electron chi connectivity index (χ3n) is 5.32. The molecule has 2 fully saturated rings. The van der Waals surface area contributed by atoms with Crippen LogP contribution in [0.15, 0.2) is 0 Å². The molecule has 0 bridgehead atoms. The van der Waals surface area contributed by atoms with Gasteiger partial charge in [0.2, 0.25) is 0 Å². The van der Waals surface area contributed by atoms with Gasteiger partial charge in [0.15, 0.2) is 0 Å². The van der Waals surface area contributed by atoms with Gasteiger partial charge in [-0.25, -0.2) is 0 Å². The van der Waals surface area contributed by atoms with Gasteiger partial charge < -0.3 is 5.73 Å². The maximum atomic E-state index is 6.10. The Morgan fingerprint density at radius 2 is 1.61 bits per heavy atom. The number of nitrogens with zero attached hydrogens (tertiary/aromatic N) is 2. The molecule has 2 rings (SSSR count). The van der Waals surface area contributed by atoms with E-state index in [1.165, 1.54) is 39.0 Å². The number of hydrogen-bond donors (Lipinski definition) is 1. The summed E-state index contributed by atoms with van der Waals surface area (Å²) in [5.41, 5.74) is 6.45. The maximum Gasteiger partial charge on any atom is 0.0338 e. The van der Waals surface area contributed by atoms with Gasteiger partial charge in [-0.2, -0.15) is 0 Å². The molecule has 0 aromatic heterocycles. The van der Waals surface area contributed by atoms with Crippen molar-refractivity contribution in [3.63, 3.8) is 0 Å². The summed E-state index contributed by atoms with van der Waals surface area (Å²) in [6, 6.07) is 0.686. The lowest BCUT2D eigenvalue weighted by molar-refractivity contribution is -0.0604. The van der Waals surface area contributed by atoms with E-state index in [2.05, 4.69) is 37.5 Å². The van der Waals surface area contributed by atoms with Crippen molar-refractivity contribution in [2.45, 2.75) is 52.1 Å². The Kier molecular flexibility index (Phi) is 4.35. The Balaban J connectivity index is 1.88. The van der Waals surface area contributed by atoms with E-state index in [1.807, 2.05) is 0 Å². The van der Waals surface area contributed by atoms with Gasteiger partial charge in [0.1, 0.15) is 0 Å². The van der Waals surface area contributed by atoms with E-state index < -0.39 is 0 Å². The largest absolute Gasteiger partial charge is 0.329 e. The minimum atomic E-state index is 0.345. The van der Waals surface area contributed by atoms with Gasteiger partial charge in [0.05, 0.1) is 0 Å². The molecule has 1 heterocycles. The average Bonchev–Trinajstić information content (AvgIpc) is 2.28. The fraction of sp³-hybridized carbons (Fsp3) is 1.00. The van der Waals surface area contributed by atoms with Gasteiger partial charge in [0, 0.05) is 44.3 Å². The third kappa shape index (κ3) is 2.59. The zero-order valence-corrected chi connectivity index (χ0v) is 12.7. The van der Waals surface area contributed by atoms with Crippen molar-refractivity contribution in [2.75, 3.05) is 32.7 Å². The first-order valence-electron chi connectivity index (χ1n) is 7.67. The summed E-state index contributed by atoms with van der Waals surface area (Å²) in [6.45, 7) is 15.0. The summed E-state index contributed by atoms with van der Waals surface area (Å²) < 4.78 is 0. The fourth-order valence-corrected chi connectivity index (χ4v) is 3.65. The first-order chi connectivity index (χ1) is 8.48. The first-order valence-corrected chi connectivity index (χ1v) is 7.67. The van der Waals surface area contributed by atoms with Crippen LogP contribution in [0.2, 0.25) is 0 Å². The Labute approximate surface area is 113 Å². The Morgan fingerprint density at radius 1 is 1.06 bits per heavy atom. The SMILES string of the molecule is CC(C)C1CC(CN)(N2CCN(C(C)C)CC2)C1. The van der Waals surface area contributed by atoms with Gasteiger partial charge >= 0.3 is 0 Å². The monoisotopic (exact) mass is 253 g/mol. The van der Waals surface area contributed by atoms with Gasteiger partial charge in [-0.3, -0.25) is 9.80 Å². The molecule has 0 atom stereocenters. The standard InChI is InChI=1S/C15H31N3/c1-12(2)14-9-15(10-14,11-16)18-7-5-17(6-8-18)13(3)4/h12-14H,5-11,16H2,1-4H3. The number of nitrogens with two attached hydrogens (primary N) is 1. The number of hydrogen-bond acceptors (Lipinski definition) is 3. The van der Waals surface area contributed by atoms with Gasteiger partial charge in [0.25, 0.3) is 0 Å². The topological polar surface area (TPSA) is 32.5 Å². The van der Waals surface area contributed by atoms with Gasteiger partial charge in [-0.05, 0) is 38.5 Å². The van der Waals surface area contributed by atoms with Crippen LogP contribution >= 0.6 is 0 Å². The van der Waals surface area contributed by atoms with Crippen LogP contribution in [-0.4, -0.2) is 54.1 Å². The van der Waals surface area contributed by atoms with Crippen LogP contribution in [0.5, 0.6) is 0 Å². The van der Waals surface area contributed by atoms with E-state index in [1.54, 1.807) is 0 Å². The normalized spacial score (nSPS) is 35.2. The summed E-state index contributed by atoms with van der Waals surface area (Å²) in [6.07, 6.45) is 2.64. The summed E-state index contributed by atoms with van der Waals surface area (Å²) >= 11 is 0. The van der Waals surface area contributed by atoms with Crippen LogP contribution in [0.1, 0.15) is 40.5 Å². The van der Waals surface area contributed by atoms with E-state index in [9.17, 15) is 0 Å². The van der Waals surface area contributed by atoms with Crippen molar-refractivity contribution in [3.8, 4) is 0 Å². The molecule has 0 amide bonds. The molecular weight excluding hydrogens is 222 g/mol. The molecular formula is C15H31N3. The molecule has 0 spiro atoms. The molecule has 3 heteroatoms. The van der Waals surface area contributed by atoms with Gasteiger partial charge in [-0.1, -0.05) is 13.8 Å². The highest BCUT2D eigenvalue weighted by atomic mass is 15.3. The van der Waals surface area contributed by atoms with E-state index >= 15 is 0 Å². The Bertz CT molecular complexity index is 261. The second-order valence-corrected chi connectivity index (χ2v) is 6.96. The van der Waals surface area contributed by atoms with Crippen molar-refractivity contribution in [2.24, 2.45) is 17.6 Å². The fourth-order valence-electron chi connectivity index (χ4n) is 3.65. The minimum Gasteiger partial charge on any atom is -0.329 e. The molecule has 18 heavy (non-hydrogen) atoms. The van der Waals surface area contributed by atoms with Crippen LogP contribution in [0.25, 0.3) is 0 Å². The van der Waals surface area contributed by atoms with Crippen LogP contribution in [0.3, 0.4) is 0 Å². The maximum absolute atomic E-state index is 6.10. The third-order valence-corrected chi connectivity index (χ3v) is 5.32. The molecule has 106 valence electrons. The second kappa shape index (κ2) is 5.48. The average molecular weight is 253 g/mol. The summed E-state index contributed by atoms with van der Waals surface area (Å²) in [5.74, 6) is 1.72.